The number of rotatable bonds is 8. The van der Waals surface area contributed by atoms with Gasteiger partial charge in [-0.1, -0.05) is 0 Å². The van der Waals surface area contributed by atoms with Gasteiger partial charge in [0.25, 0.3) is 0 Å². The monoisotopic (exact) mass is 626 g/mol. The average Bonchev–Trinajstić information content (AvgIpc) is 2.84. The molecule has 4 rings (SSSR count). The van der Waals surface area contributed by atoms with E-state index in [1.165, 1.54) is 0 Å². The zero-order chi connectivity index (χ0) is 32.1. The van der Waals surface area contributed by atoms with E-state index in [0.717, 1.165) is 25.7 Å². The second-order valence-electron chi connectivity index (χ2n) is 14.8. The third-order valence-electron chi connectivity index (χ3n) is 10.0. The van der Waals surface area contributed by atoms with Crippen LogP contribution in [0.5, 0.6) is 0 Å². The Labute approximate surface area is 270 Å². The van der Waals surface area contributed by atoms with Crippen LogP contribution >= 0.6 is 23.2 Å². The summed E-state index contributed by atoms with van der Waals surface area (Å²) in [6.45, 7) is 19.7. The lowest BCUT2D eigenvalue weighted by Gasteiger charge is -2.57. The number of anilines is 1. The summed E-state index contributed by atoms with van der Waals surface area (Å²) in [5.74, 6) is 1.05. The summed E-state index contributed by atoms with van der Waals surface area (Å²) in [6.07, 6.45) is 4.33. The van der Waals surface area contributed by atoms with Crippen LogP contribution < -0.4 is 16.3 Å². The molecule has 0 atom stereocenters. The number of hydrogen-bond donors (Lipinski definition) is 0. The van der Waals surface area contributed by atoms with Gasteiger partial charge in [0.1, 0.15) is 5.82 Å². The zero-order valence-corrected chi connectivity index (χ0v) is 29.0. The molecule has 2 fully saturated rings. The van der Waals surface area contributed by atoms with E-state index in [9.17, 15) is 0 Å². The molecule has 0 saturated carbocycles. The highest BCUT2D eigenvalue weighted by Gasteiger charge is 2.48. The van der Waals surface area contributed by atoms with E-state index in [1.54, 1.807) is 0 Å². The molecule has 0 N–H and O–H groups in total. The van der Waals surface area contributed by atoms with Gasteiger partial charge in [0.15, 0.2) is 15.7 Å². The van der Waals surface area contributed by atoms with Crippen LogP contribution in [0, 0.1) is 0 Å². The van der Waals surface area contributed by atoms with E-state index in [0.29, 0.717) is 31.4 Å². The van der Waals surface area contributed by atoms with Crippen molar-refractivity contribution in [3.05, 3.63) is 16.4 Å². The first-order chi connectivity index (χ1) is 19.7. The van der Waals surface area contributed by atoms with Crippen molar-refractivity contribution in [3.63, 3.8) is 0 Å². The number of aromatic nitrogens is 6. The SMILES string of the molecule is [B]c1nc(Cl)nc(CCN(CN(c2nc([B])nc(Cl)n2)C2CC(C)(C)N(C)C(C)(C)C2)C2CC(C)(C)N(C)C(C)(C)C2)n1. The highest BCUT2D eigenvalue weighted by Crippen LogP contribution is 2.42. The second kappa shape index (κ2) is 12.3. The minimum Gasteiger partial charge on any atom is -0.325 e. The fourth-order valence-corrected chi connectivity index (χ4v) is 7.62. The Balaban J connectivity index is 1.76. The van der Waals surface area contributed by atoms with Crippen LogP contribution in [0.1, 0.15) is 86.9 Å². The quantitative estimate of drug-likeness (QED) is 0.322. The largest absolute Gasteiger partial charge is 0.325 e. The lowest BCUT2D eigenvalue weighted by molar-refractivity contribution is -0.0500. The summed E-state index contributed by atoms with van der Waals surface area (Å²) in [7, 11) is 16.5. The molecule has 0 aliphatic carbocycles. The van der Waals surface area contributed by atoms with Crippen molar-refractivity contribution in [3.8, 4) is 0 Å². The Bertz CT molecular complexity index is 1230. The van der Waals surface area contributed by atoms with Gasteiger partial charge in [-0.3, -0.25) is 14.7 Å². The topological polar surface area (TPSA) is 90.3 Å². The minimum absolute atomic E-state index is 0.0190. The van der Waals surface area contributed by atoms with Crippen LogP contribution in [0.3, 0.4) is 0 Å². The van der Waals surface area contributed by atoms with Crippen molar-refractivity contribution in [1.29, 1.82) is 0 Å². The van der Waals surface area contributed by atoms with Gasteiger partial charge in [-0.05, 0) is 118 Å². The lowest BCUT2D eigenvalue weighted by Crippen LogP contribution is -2.66. The maximum absolute atomic E-state index is 6.37. The van der Waals surface area contributed by atoms with Crippen LogP contribution in [0.4, 0.5) is 5.95 Å². The van der Waals surface area contributed by atoms with Gasteiger partial charge in [-0.2, -0.15) is 4.98 Å². The fourth-order valence-electron chi connectivity index (χ4n) is 7.27. The molecule has 10 nitrogen and oxygen atoms in total. The summed E-state index contributed by atoms with van der Waals surface area (Å²) in [5.41, 5.74) is 0.0675. The average molecular weight is 627 g/mol. The molecule has 0 bridgehead atoms. The molecular formula is C29H46B2Cl2N10. The summed E-state index contributed by atoms with van der Waals surface area (Å²) in [5, 5.41) is 0.186. The molecule has 14 heteroatoms. The maximum atomic E-state index is 6.37. The molecule has 2 aromatic heterocycles. The number of hydrogen-bond acceptors (Lipinski definition) is 10. The van der Waals surface area contributed by atoms with E-state index < -0.39 is 0 Å². The molecular weight excluding hydrogens is 581 g/mol. The molecule has 2 aliphatic rings. The predicted molar refractivity (Wildman–Crippen MR) is 176 cm³/mol. The highest BCUT2D eigenvalue weighted by molar-refractivity contribution is 6.32. The third kappa shape index (κ3) is 7.80. The summed E-state index contributed by atoms with van der Waals surface area (Å²) >= 11 is 12.5. The van der Waals surface area contributed by atoms with Crippen molar-refractivity contribution < 1.29 is 0 Å². The summed E-state index contributed by atoms with van der Waals surface area (Å²) < 4.78 is 0. The summed E-state index contributed by atoms with van der Waals surface area (Å²) in [6, 6.07) is 0.372. The van der Waals surface area contributed by atoms with Gasteiger partial charge in [0.2, 0.25) is 16.5 Å². The molecule has 4 radical (unpaired) electrons. The molecule has 43 heavy (non-hydrogen) atoms. The van der Waals surface area contributed by atoms with Crippen molar-refractivity contribution in [2.75, 3.05) is 32.2 Å². The van der Waals surface area contributed by atoms with Crippen LogP contribution in [-0.2, 0) is 6.42 Å². The van der Waals surface area contributed by atoms with Crippen LogP contribution in [-0.4, -0.2) is 122 Å². The van der Waals surface area contributed by atoms with Crippen LogP contribution in [0.15, 0.2) is 0 Å². The van der Waals surface area contributed by atoms with Gasteiger partial charge in [-0.15, -0.1) is 0 Å². The Morgan fingerprint density at radius 2 is 1.12 bits per heavy atom. The molecule has 0 amide bonds. The Morgan fingerprint density at radius 1 is 0.674 bits per heavy atom. The Kier molecular flexibility index (Phi) is 9.81. The summed E-state index contributed by atoms with van der Waals surface area (Å²) in [4.78, 5) is 35.7. The van der Waals surface area contributed by atoms with E-state index in [2.05, 4.69) is 119 Å². The third-order valence-corrected chi connectivity index (χ3v) is 10.4. The molecule has 2 aromatic rings. The number of likely N-dealkylation sites (tertiary alicyclic amines) is 2. The van der Waals surface area contributed by atoms with Crippen LogP contribution in [0.25, 0.3) is 0 Å². The minimum atomic E-state index is -0.0610. The fraction of sp³-hybridized carbons (Fsp3) is 0.793. The molecule has 0 aromatic carbocycles. The standard InChI is InChI=1S/C29H46B2Cl2N10/c1-26(2)13-18(14-27(3,4)40(26)9)42(12-11-20-34-21(30)36-23(32)35-20)17-43(25-38-22(31)37-24(33)39-25)19-15-28(5,6)41(10)29(7,8)16-19/h18-19H,11-17H2,1-10H3. The molecule has 232 valence electrons. The molecule has 2 aliphatic heterocycles. The van der Waals surface area contributed by atoms with Crippen molar-refractivity contribution >= 4 is 56.3 Å². The van der Waals surface area contributed by atoms with Crippen molar-refractivity contribution in [2.45, 2.75) is 122 Å². The number of halogens is 2. The second-order valence-corrected chi connectivity index (χ2v) is 15.5. The van der Waals surface area contributed by atoms with E-state index >= 15 is 0 Å². The smallest absolute Gasteiger partial charge is 0.230 e. The first-order valence-electron chi connectivity index (χ1n) is 15.0. The predicted octanol–water partition coefficient (Wildman–Crippen LogP) is 2.56. The molecule has 0 spiro atoms. The van der Waals surface area contributed by atoms with Gasteiger partial charge in [0, 0.05) is 47.2 Å². The number of piperidine rings is 2. The van der Waals surface area contributed by atoms with E-state index in [4.69, 9.17) is 38.9 Å². The first-order valence-corrected chi connectivity index (χ1v) is 15.8. The molecule has 0 unspecified atom stereocenters. The first kappa shape index (κ1) is 34.3. The normalized spacial score (nSPS) is 22.6. The molecule has 4 heterocycles. The van der Waals surface area contributed by atoms with Crippen LogP contribution in [0.2, 0.25) is 10.6 Å². The van der Waals surface area contributed by atoms with E-state index in [1.807, 2.05) is 0 Å². The number of nitrogens with zero attached hydrogens (tertiary/aromatic N) is 10. The Hall–Kier alpha value is -1.59. The van der Waals surface area contributed by atoms with Crippen molar-refractivity contribution in [2.24, 2.45) is 0 Å². The Morgan fingerprint density at radius 3 is 1.58 bits per heavy atom. The van der Waals surface area contributed by atoms with Gasteiger partial charge in [0.05, 0.1) is 18.1 Å². The lowest BCUT2D eigenvalue weighted by atomic mass is 9.76. The molecule has 2 saturated heterocycles. The van der Waals surface area contributed by atoms with Gasteiger partial charge in [-0.25, -0.2) is 24.9 Å². The van der Waals surface area contributed by atoms with Crippen molar-refractivity contribution in [1.82, 2.24) is 44.6 Å². The van der Waals surface area contributed by atoms with E-state index in [-0.39, 0.29) is 56.3 Å². The van der Waals surface area contributed by atoms with Gasteiger partial charge >= 0.3 is 0 Å². The van der Waals surface area contributed by atoms with Gasteiger partial charge < -0.3 is 4.90 Å². The zero-order valence-electron chi connectivity index (χ0n) is 27.5. The maximum Gasteiger partial charge on any atom is 0.230 e. The highest BCUT2D eigenvalue weighted by atomic mass is 35.5.